The van der Waals surface area contributed by atoms with Crippen molar-refractivity contribution in [2.75, 3.05) is 6.61 Å². The molecule has 2 aromatic rings. The van der Waals surface area contributed by atoms with Crippen molar-refractivity contribution in [3.63, 3.8) is 0 Å². The number of aryl methyl sites for hydroxylation is 2. The number of aromatic nitrogens is 2. The van der Waals surface area contributed by atoms with Crippen LogP contribution in [0.3, 0.4) is 0 Å². The van der Waals surface area contributed by atoms with Gasteiger partial charge in [0.25, 0.3) is 5.56 Å². The standard InChI is InChI=1S/C14H18N2O4S/c1-3-5-8-9(4-2)21-14-12(8)13(19)15-10(16-14)6-20-7-11(17)18/h3-7H2,1-2H3,(H,17,18)(H,15,16,19). The number of nitrogens with one attached hydrogen (secondary N) is 1. The Kier molecular flexibility index (Phi) is 5.08. The Labute approximate surface area is 125 Å². The third kappa shape index (κ3) is 3.48. The van der Waals surface area contributed by atoms with E-state index in [2.05, 4.69) is 23.8 Å². The molecule has 0 radical (unpaired) electrons. The number of thiophene rings is 1. The third-order valence-corrected chi connectivity index (χ3v) is 4.35. The molecule has 0 atom stereocenters. The normalized spacial score (nSPS) is 11.1. The predicted octanol–water partition coefficient (Wildman–Crippen LogP) is 2.10. The van der Waals surface area contributed by atoms with Gasteiger partial charge in [-0.1, -0.05) is 20.3 Å². The largest absolute Gasteiger partial charge is 0.480 e. The van der Waals surface area contributed by atoms with Gasteiger partial charge in [-0.15, -0.1) is 11.3 Å². The summed E-state index contributed by atoms with van der Waals surface area (Å²) in [4.78, 5) is 31.6. The number of aromatic amines is 1. The first-order chi connectivity index (χ1) is 10.1. The van der Waals surface area contributed by atoms with Crippen LogP contribution in [0, 0.1) is 0 Å². The highest BCUT2D eigenvalue weighted by atomic mass is 32.1. The predicted molar refractivity (Wildman–Crippen MR) is 80.9 cm³/mol. The molecule has 0 bridgehead atoms. The molecule has 2 rings (SSSR count). The van der Waals surface area contributed by atoms with Gasteiger partial charge >= 0.3 is 5.97 Å². The molecule has 0 saturated carbocycles. The molecule has 21 heavy (non-hydrogen) atoms. The van der Waals surface area contributed by atoms with Crippen LogP contribution in [0.4, 0.5) is 0 Å². The number of carbonyl (C=O) groups is 1. The van der Waals surface area contributed by atoms with Crippen LogP contribution in [-0.2, 0) is 29.0 Å². The first-order valence-corrected chi connectivity index (χ1v) is 7.71. The Bertz CT molecular complexity index is 705. The molecule has 7 heteroatoms. The topological polar surface area (TPSA) is 92.3 Å². The van der Waals surface area contributed by atoms with Crippen molar-refractivity contribution in [3.05, 3.63) is 26.6 Å². The van der Waals surface area contributed by atoms with Crippen LogP contribution in [-0.4, -0.2) is 27.7 Å². The van der Waals surface area contributed by atoms with Crippen molar-refractivity contribution in [1.29, 1.82) is 0 Å². The van der Waals surface area contributed by atoms with E-state index >= 15 is 0 Å². The number of nitrogens with zero attached hydrogens (tertiary/aromatic N) is 1. The molecule has 2 heterocycles. The van der Waals surface area contributed by atoms with Crippen molar-refractivity contribution in [2.24, 2.45) is 0 Å². The first kappa shape index (κ1) is 15.7. The summed E-state index contributed by atoms with van der Waals surface area (Å²) >= 11 is 1.53. The van der Waals surface area contributed by atoms with Crippen LogP contribution >= 0.6 is 11.3 Å². The fraction of sp³-hybridized carbons (Fsp3) is 0.500. The van der Waals surface area contributed by atoms with E-state index in [9.17, 15) is 9.59 Å². The maximum Gasteiger partial charge on any atom is 0.329 e. The lowest BCUT2D eigenvalue weighted by atomic mass is 10.1. The highest BCUT2D eigenvalue weighted by Gasteiger charge is 2.15. The second-order valence-electron chi connectivity index (χ2n) is 4.69. The summed E-state index contributed by atoms with van der Waals surface area (Å²) in [5.74, 6) is -0.686. The van der Waals surface area contributed by atoms with E-state index in [1.807, 2.05) is 0 Å². The van der Waals surface area contributed by atoms with Crippen LogP contribution in [0.1, 0.15) is 36.5 Å². The van der Waals surface area contributed by atoms with E-state index in [4.69, 9.17) is 9.84 Å². The Hall–Kier alpha value is -1.73. The molecule has 114 valence electrons. The summed E-state index contributed by atoms with van der Waals surface area (Å²) in [6.45, 7) is 3.72. The van der Waals surface area contributed by atoms with Crippen LogP contribution in [0.5, 0.6) is 0 Å². The average Bonchev–Trinajstić information content (AvgIpc) is 2.77. The maximum absolute atomic E-state index is 12.3. The molecule has 0 aliphatic carbocycles. The van der Waals surface area contributed by atoms with Crippen LogP contribution < -0.4 is 5.56 Å². The maximum atomic E-state index is 12.3. The molecule has 6 nitrogen and oxygen atoms in total. The lowest BCUT2D eigenvalue weighted by molar-refractivity contribution is -0.142. The van der Waals surface area contributed by atoms with Crippen molar-refractivity contribution in [3.8, 4) is 0 Å². The monoisotopic (exact) mass is 310 g/mol. The smallest absolute Gasteiger partial charge is 0.329 e. The minimum absolute atomic E-state index is 0.0139. The molecule has 2 N–H and O–H groups in total. The van der Waals surface area contributed by atoms with Gasteiger partial charge in [0.2, 0.25) is 0 Å². The fourth-order valence-corrected chi connectivity index (χ4v) is 3.44. The Morgan fingerprint density at radius 2 is 2.19 bits per heavy atom. The number of rotatable bonds is 7. The Morgan fingerprint density at radius 3 is 2.81 bits per heavy atom. The first-order valence-electron chi connectivity index (χ1n) is 6.89. The molecule has 0 saturated heterocycles. The van der Waals surface area contributed by atoms with Crippen molar-refractivity contribution >= 4 is 27.5 Å². The zero-order valence-corrected chi connectivity index (χ0v) is 12.9. The fourth-order valence-electron chi connectivity index (χ4n) is 2.26. The lowest BCUT2D eigenvalue weighted by Gasteiger charge is -2.02. The second kappa shape index (κ2) is 6.82. The number of ether oxygens (including phenoxy) is 1. The highest BCUT2D eigenvalue weighted by Crippen LogP contribution is 2.29. The van der Waals surface area contributed by atoms with Gasteiger partial charge in [-0.25, -0.2) is 9.78 Å². The van der Waals surface area contributed by atoms with Crippen LogP contribution in [0.2, 0.25) is 0 Å². The molecule has 0 aliphatic rings. The van der Waals surface area contributed by atoms with Gasteiger partial charge in [-0.3, -0.25) is 4.79 Å². The lowest BCUT2D eigenvalue weighted by Crippen LogP contribution is -2.14. The third-order valence-electron chi connectivity index (χ3n) is 3.08. The van der Waals surface area contributed by atoms with Crippen LogP contribution in [0.25, 0.3) is 10.2 Å². The molecular formula is C14H18N2O4S. The Morgan fingerprint density at radius 1 is 1.43 bits per heavy atom. The minimum atomic E-state index is -1.05. The van der Waals surface area contributed by atoms with E-state index in [-0.39, 0.29) is 12.2 Å². The second-order valence-corrected chi connectivity index (χ2v) is 5.77. The zero-order valence-electron chi connectivity index (χ0n) is 12.1. The zero-order chi connectivity index (χ0) is 15.4. The number of aliphatic carboxylic acids is 1. The number of fused-ring (bicyclic) bond motifs is 1. The van der Waals surface area contributed by atoms with Gasteiger partial charge in [0, 0.05) is 4.88 Å². The van der Waals surface area contributed by atoms with Gasteiger partial charge < -0.3 is 14.8 Å². The molecule has 0 aliphatic heterocycles. The molecule has 2 aromatic heterocycles. The number of hydrogen-bond donors (Lipinski definition) is 2. The highest BCUT2D eigenvalue weighted by molar-refractivity contribution is 7.18. The summed E-state index contributed by atoms with van der Waals surface area (Å²) < 4.78 is 4.97. The summed E-state index contributed by atoms with van der Waals surface area (Å²) in [6, 6.07) is 0. The number of hydrogen-bond acceptors (Lipinski definition) is 5. The molecular weight excluding hydrogens is 292 g/mol. The summed E-state index contributed by atoms with van der Waals surface area (Å²) in [5.41, 5.74) is 0.917. The van der Waals surface area contributed by atoms with Gasteiger partial charge in [0.1, 0.15) is 23.9 Å². The van der Waals surface area contributed by atoms with E-state index in [1.54, 1.807) is 0 Å². The van der Waals surface area contributed by atoms with Crippen molar-refractivity contribution in [2.45, 2.75) is 39.7 Å². The SMILES string of the molecule is CCCc1c(CC)sc2nc(COCC(=O)O)[nH]c(=O)c12. The average molecular weight is 310 g/mol. The van der Waals surface area contributed by atoms with E-state index in [0.29, 0.717) is 16.0 Å². The van der Waals surface area contributed by atoms with Gasteiger partial charge in [0.05, 0.1) is 5.39 Å². The summed E-state index contributed by atoms with van der Waals surface area (Å²) in [6.07, 6.45) is 2.71. The molecule has 0 unspecified atom stereocenters. The Balaban J connectivity index is 2.37. The van der Waals surface area contributed by atoms with Gasteiger partial charge in [0.15, 0.2) is 0 Å². The summed E-state index contributed by atoms with van der Waals surface area (Å²) in [5, 5.41) is 9.20. The molecule has 0 spiro atoms. The summed E-state index contributed by atoms with van der Waals surface area (Å²) in [7, 11) is 0. The number of H-pyrrole nitrogens is 1. The quantitative estimate of drug-likeness (QED) is 0.817. The van der Waals surface area contributed by atoms with Crippen LogP contribution in [0.15, 0.2) is 4.79 Å². The van der Waals surface area contributed by atoms with Gasteiger partial charge in [-0.05, 0) is 18.4 Å². The van der Waals surface area contributed by atoms with Gasteiger partial charge in [-0.2, -0.15) is 0 Å². The van der Waals surface area contributed by atoms with E-state index in [0.717, 1.165) is 24.8 Å². The number of carboxylic acid groups (broad SMARTS) is 1. The van der Waals surface area contributed by atoms with Crippen molar-refractivity contribution in [1.82, 2.24) is 9.97 Å². The molecule has 0 aromatic carbocycles. The molecule has 0 amide bonds. The van der Waals surface area contributed by atoms with E-state index in [1.165, 1.54) is 16.2 Å². The van der Waals surface area contributed by atoms with E-state index < -0.39 is 12.6 Å². The minimum Gasteiger partial charge on any atom is -0.480 e. The number of carboxylic acids is 1. The molecule has 0 fully saturated rings. The van der Waals surface area contributed by atoms with Crippen molar-refractivity contribution < 1.29 is 14.6 Å².